The average Bonchev–Trinajstić information content (AvgIpc) is 3.03. The summed E-state index contributed by atoms with van der Waals surface area (Å²) in [6.45, 7) is 3.22. The van der Waals surface area contributed by atoms with Gasteiger partial charge in [0.05, 0.1) is 18.2 Å². The van der Waals surface area contributed by atoms with Crippen LogP contribution in [0.3, 0.4) is 0 Å². The van der Waals surface area contributed by atoms with Gasteiger partial charge in [0.2, 0.25) is 11.8 Å². The third-order valence-electron chi connectivity index (χ3n) is 4.17. The fourth-order valence-corrected chi connectivity index (χ4v) is 2.91. The van der Waals surface area contributed by atoms with E-state index in [0.717, 1.165) is 11.3 Å². The Morgan fingerprint density at radius 3 is 2.80 bits per heavy atom. The standard InChI is InChI=1S/C19H21N3O3/c1-2-25-17-6-4-3-5-16(17)22-13-15(11-18(22)23)19(24)21-12-14-7-9-20-10-8-14/h3-10,15H,2,11-13H2,1H3,(H,21,24). The zero-order valence-electron chi connectivity index (χ0n) is 14.1. The summed E-state index contributed by atoms with van der Waals surface area (Å²) in [6, 6.07) is 11.1. The van der Waals surface area contributed by atoms with Crippen molar-refractivity contribution < 1.29 is 14.3 Å². The van der Waals surface area contributed by atoms with E-state index in [0.29, 0.717) is 25.4 Å². The quantitative estimate of drug-likeness (QED) is 0.875. The molecule has 130 valence electrons. The van der Waals surface area contributed by atoms with E-state index in [9.17, 15) is 9.59 Å². The van der Waals surface area contributed by atoms with Crippen LogP contribution in [0.25, 0.3) is 0 Å². The summed E-state index contributed by atoms with van der Waals surface area (Å²) in [5.74, 6) is 0.137. The molecule has 2 heterocycles. The first-order valence-corrected chi connectivity index (χ1v) is 8.38. The van der Waals surface area contributed by atoms with E-state index in [4.69, 9.17) is 4.74 Å². The summed E-state index contributed by atoms with van der Waals surface area (Å²) in [7, 11) is 0. The van der Waals surface area contributed by atoms with E-state index in [2.05, 4.69) is 10.3 Å². The largest absolute Gasteiger partial charge is 0.492 e. The van der Waals surface area contributed by atoms with E-state index >= 15 is 0 Å². The topological polar surface area (TPSA) is 71.5 Å². The Morgan fingerprint density at radius 2 is 2.04 bits per heavy atom. The fourth-order valence-electron chi connectivity index (χ4n) is 2.91. The number of benzene rings is 1. The molecular formula is C19H21N3O3. The maximum absolute atomic E-state index is 12.4. The van der Waals surface area contributed by atoms with Crippen LogP contribution < -0.4 is 15.0 Å². The summed E-state index contributed by atoms with van der Waals surface area (Å²) in [5.41, 5.74) is 1.70. The van der Waals surface area contributed by atoms with Gasteiger partial charge < -0.3 is 15.0 Å². The van der Waals surface area contributed by atoms with Crippen molar-refractivity contribution in [2.75, 3.05) is 18.1 Å². The van der Waals surface area contributed by atoms with Crippen molar-refractivity contribution in [1.29, 1.82) is 0 Å². The predicted molar refractivity (Wildman–Crippen MR) is 94.2 cm³/mol. The van der Waals surface area contributed by atoms with Gasteiger partial charge in [-0.15, -0.1) is 0 Å². The van der Waals surface area contributed by atoms with Crippen molar-refractivity contribution in [3.63, 3.8) is 0 Å². The summed E-state index contributed by atoms with van der Waals surface area (Å²) >= 11 is 0. The van der Waals surface area contributed by atoms with Crippen LogP contribution in [0, 0.1) is 5.92 Å². The van der Waals surface area contributed by atoms with Gasteiger partial charge in [0.25, 0.3) is 0 Å². The minimum atomic E-state index is -0.357. The van der Waals surface area contributed by atoms with Gasteiger partial charge in [-0.25, -0.2) is 0 Å². The molecule has 0 bridgehead atoms. The second kappa shape index (κ2) is 7.79. The van der Waals surface area contributed by atoms with Gasteiger partial charge in [0, 0.05) is 31.9 Å². The van der Waals surface area contributed by atoms with Crippen LogP contribution in [-0.4, -0.2) is 29.9 Å². The second-order valence-electron chi connectivity index (χ2n) is 5.88. The minimum absolute atomic E-state index is 0.0591. The molecule has 6 heteroatoms. The molecule has 0 aliphatic carbocycles. The monoisotopic (exact) mass is 339 g/mol. The van der Waals surface area contributed by atoms with Crippen LogP contribution >= 0.6 is 0 Å². The molecule has 2 amide bonds. The van der Waals surface area contributed by atoms with Gasteiger partial charge in [0.15, 0.2) is 0 Å². The van der Waals surface area contributed by atoms with Gasteiger partial charge in [-0.1, -0.05) is 12.1 Å². The second-order valence-corrected chi connectivity index (χ2v) is 5.88. The van der Waals surface area contributed by atoms with Gasteiger partial charge >= 0.3 is 0 Å². The van der Waals surface area contributed by atoms with Gasteiger partial charge in [0.1, 0.15) is 5.75 Å². The van der Waals surface area contributed by atoms with Crippen LogP contribution in [0.5, 0.6) is 5.75 Å². The number of rotatable bonds is 6. The number of para-hydroxylation sites is 2. The van der Waals surface area contributed by atoms with Crippen molar-refractivity contribution in [2.24, 2.45) is 5.92 Å². The van der Waals surface area contributed by atoms with Crippen LogP contribution in [-0.2, 0) is 16.1 Å². The number of carbonyl (C=O) groups is 2. The number of anilines is 1. The highest BCUT2D eigenvalue weighted by molar-refractivity contribution is 6.01. The van der Waals surface area contributed by atoms with E-state index in [1.807, 2.05) is 43.3 Å². The SMILES string of the molecule is CCOc1ccccc1N1CC(C(=O)NCc2ccncc2)CC1=O. The maximum atomic E-state index is 12.4. The highest BCUT2D eigenvalue weighted by Crippen LogP contribution is 2.33. The van der Waals surface area contributed by atoms with Crippen molar-refractivity contribution in [3.8, 4) is 5.75 Å². The van der Waals surface area contributed by atoms with E-state index in [1.54, 1.807) is 17.3 Å². The number of hydrogen-bond acceptors (Lipinski definition) is 4. The average molecular weight is 339 g/mol. The molecule has 0 saturated carbocycles. The first kappa shape index (κ1) is 17.0. The summed E-state index contributed by atoms with van der Waals surface area (Å²) in [6.07, 6.45) is 3.59. The molecule has 25 heavy (non-hydrogen) atoms. The van der Waals surface area contributed by atoms with E-state index < -0.39 is 0 Å². The third-order valence-corrected chi connectivity index (χ3v) is 4.17. The Balaban J connectivity index is 1.65. The first-order chi connectivity index (χ1) is 12.2. The van der Waals surface area contributed by atoms with Crippen molar-refractivity contribution in [3.05, 3.63) is 54.4 Å². The lowest BCUT2D eigenvalue weighted by Crippen LogP contribution is -2.32. The molecule has 1 aliphatic heterocycles. The number of pyridine rings is 1. The van der Waals surface area contributed by atoms with Crippen LogP contribution in [0.2, 0.25) is 0 Å². The molecule has 1 aromatic carbocycles. The molecule has 1 fully saturated rings. The van der Waals surface area contributed by atoms with Crippen LogP contribution in [0.1, 0.15) is 18.9 Å². The van der Waals surface area contributed by atoms with Gasteiger partial charge in [-0.2, -0.15) is 0 Å². The number of nitrogens with zero attached hydrogens (tertiary/aromatic N) is 2. The Labute approximate surface area is 146 Å². The summed E-state index contributed by atoms with van der Waals surface area (Å²) < 4.78 is 5.60. The number of amides is 2. The van der Waals surface area contributed by atoms with Crippen molar-refractivity contribution in [2.45, 2.75) is 19.9 Å². The third kappa shape index (κ3) is 3.96. The molecule has 0 radical (unpaired) electrons. The molecule has 1 aromatic heterocycles. The Bertz CT molecular complexity index is 749. The summed E-state index contributed by atoms with van der Waals surface area (Å²) in [4.78, 5) is 30.4. The highest BCUT2D eigenvalue weighted by Gasteiger charge is 2.36. The lowest BCUT2D eigenvalue weighted by Gasteiger charge is -2.20. The molecule has 2 aromatic rings. The van der Waals surface area contributed by atoms with Crippen molar-refractivity contribution >= 4 is 17.5 Å². The van der Waals surface area contributed by atoms with Crippen molar-refractivity contribution in [1.82, 2.24) is 10.3 Å². The minimum Gasteiger partial charge on any atom is -0.492 e. The molecule has 6 nitrogen and oxygen atoms in total. The number of carbonyl (C=O) groups excluding carboxylic acids is 2. The lowest BCUT2D eigenvalue weighted by atomic mass is 10.1. The van der Waals surface area contributed by atoms with E-state index in [-0.39, 0.29) is 24.2 Å². The van der Waals surface area contributed by atoms with E-state index in [1.165, 1.54) is 0 Å². The lowest BCUT2D eigenvalue weighted by molar-refractivity contribution is -0.126. The predicted octanol–water partition coefficient (Wildman–Crippen LogP) is 2.15. The highest BCUT2D eigenvalue weighted by atomic mass is 16.5. The molecule has 1 aliphatic rings. The summed E-state index contributed by atoms with van der Waals surface area (Å²) in [5, 5.41) is 2.90. The normalized spacial score (nSPS) is 16.8. The number of nitrogens with one attached hydrogen (secondary N) is 1. The molecule has 1 saturated heterocycles. The zero-order valence-corrected chi connectivity index (χ0v) is 14.1. The molecule has 0 spiro atoms. The maximum Gasteiger partial charge on any atom is 0.227 e. The molecule has 3 rings (SSSR count). The molecule has 1 atom stereocenters. The van der Waals surface area contributed by atoms with Crippen LogP contribution in [0.15, 0.2) is 48.8 Å². The Hall–Kier alpha value is -2.89. The van der Waals surface area contributed by atoms with Gasteiger partial charge in [-0.3, -0.25) is 14.6 Å². The Morgan fingerprint density at radius 1 is 1.28 bits per heavy atom. The fraction of sp³-hybridized carbons (Fsp3) is 0.316. The molecule has 1 N–H and O–H groups in total. The first-order valence-electron chi connectivity index (χ1n) is 8.38. The molecule has 1 unspecified atom stereocenters. The van der Waals surface area contributed by atoms with Gasteiger partial charge in [-0.05, 0) is 36.8 Å². The molecular weight excluding hydrogens is 318 g/mol. The smallest absolute Gasteiger partial charge is 0.227 e. The number of hydrogen-bond donors (Lipinski definition) is 1. The Kier molecular flexibility index (Phi) is 5.28. The van der Waals surface area contributed by atoms with Crippen LogP contribution in [0.4, 0.5) is 5.69 Å². The number of aromatic nitrogens is 1. The number of ether oxygens (including phenoxy) is 1. The zero-order chi connectivity index (χ0) is 17.6.